The lowest BCUT2D eigenvalue weighted by Gasteiger charge is -2.10. The number of benzene rings is 3. The molecule has 0 spiro atoms. The van der Waals surface area contributed by atoms with Crippen molar-refractivity contribution in [2.24, 2.45) is 0 Å². The van der Waals surface area contributed by atoms with Gasteiger partial charge in [0.1, 0.15) is 0 Å². The van der Waals surface area contributed by atoms with Gasteiger partial charge in [0, 0.05) is 0 Å². The molecule has 38 heavy (non-hydrogen) atoms. The monoisotopic (exact) mass is 522 g/mol. The van der Waals surface area contributed by atoms with Crippen LogP contribution in [0.2, 0.25) is 0 Å². The molecule has 0 amide bonds. The zero-order valence-electron chi connectivity index (χ0n) is 22.7. The lowest BCUT2D eigenvalue weighted by atomic mass is 10.0. The predicted molar refractivity (Wildman–Crippen MR) is 150 cm³/mol. The first-order valence-corrected chi connectivity index (χ1v) is 14.0. The summed E-state index contributed by atoms with van der Waals surface area (Å²) >= 11 is 0. The first kappa shape index (κ1) is 29.3. The minimum Gasteiger partial charge on any atom is -0.491 e. The second-order valence-corrected chi connectivity index (χ2v) is 9.80. The Morgan fingerprint density at radius 1 is 0.658 bits per heavy atom. The van der Waals surface area contributed by atoms with Gasteiger partial charge in [0.15, 0.2) is 23.1 Å². The number of aryl methyl sites for hydroxylation is 1. The van der Waals surface area contributed by atoms with Crippen molar-refractivity contribution in [1.82, 2.24) is 0 Å². The van der Waals surface area contributed by atoms with Gasteiger partial charge >= 0.3 is 5.97 Å². The quantitative estimate of drug-likeness (QED) is 0.107. The fraction of sp³-hybridized carbons (Fsp3) is 0.424. The Morgan fingerprint density at radius 3 is 1.95 bits per heavy atom. The Labute approximate surface area is 226 Å². The van der Waals surface area contributed by atoms with Crippen LogP contribution in [0.25, 0.3) is 11.1 Å². The van der Waals surface area contributed by atoms with Gasteiger partial charge < -0.3 is 9.47 Å². The van der Waals surface area contributed by atoms with Crippen molar-refractivity contribution in [2.45, 2.75) is 84.5 Å². The van der Waals surface area contributed by atoms with Crippen LogP contribution in [0.1, 0.15) is 94.0 Å². The molecule has 3 aromatic rings. The predicted octanol–water partition coefficient (Wildman–Crippen LogP) is 9.71. The minimum atomic E-state index is -0.643. The van der Waals surface area contributed by atoms with Crippen molar-refractivity contribution < 1.29 is 23.0 Å². The van der Waals surface area contributed by atoms with Gasteiger partial charge in [0.25, 0.3) is 0 Å². The van der Waals surface area contributed by atoms with E-state index >= 15 is 0 Å². The topological polar surface area (TPSA) is 35.5 Å². The summed E-state index contributed by atoms with van der Waals surface area (Å²) in [5, 5.41) is 0. The maximum atomic E-state index is 14.6. The van der Waals surface area contributed by atoms with Crippen LogP contribution in [0.5, 0.6) is 11.5 Å². The molecule has 0 saturated carbocycles. The summed E-state index contributed by atoms with van der Waals surface area (Å²) in [6.07, 6.45) is 12.2. The molecule has 0 aliphatic rings. The van der Waals surface area contributed by atoms with Crippen molar-refractivity contribution in [3.8, 4) is 22.6 Å². The molecule has 3 aromatic carbocycles. The van der Waals surface area contributed by atoms with E-state index in [1.807, 2.05) is 0 Å². The molecule has 3 rings (SSSR count). The normalized spacial score (nSPS) is 10.9. The summed E-state index contributed by atoms with van der Waals surface area (Å²) < 4.78 is 40.0. The Balaban J connectivity index is 1.52. The molecule has 5 heteroatoms. The average molecular weight is 523 g/mol. The first-order valence-electron chi connectivity index (χ1n) is 14.0. The number of carbonyl (C=O) groups is 1. The zero-order chi connectivity index (χ0) is 27.2. The second-order valence-electron chi connectivity index (χ2n) is 9.80. The molecule has 0 aliphatic carbocycles. The van der Waals surface area contributed by atoms with Gasteiger partial charge in [0.05, 0.1) is 12.2 Å². The van der Waals surface area contributed by atoms with E-state index in [0.717, 1.165) is 49.7 Å². The van der Waals surface area contributed by atoms with Crippen LogP contribution in [0.15, 0.2) is 60.7 Å². The van der Waals surface area contributed by atoms with Crippen LogP contribution in [-0.4, -0.2) is 12.6 Å². The fourth-order valence-electron chi connectivity index (χ4n) is 4.36. The van der Waals surface area contributed by atoms with Crippen LogP contribution >= 0.6 is 0 Å². The van der Waals surface area contributed by atoms with Crippen molar-refractivity contribution >= 4 is 5.97 Å². The highest BCUT2D eigenvalue weighted by atomic mass is 19.1. The maximum Gasteiger partial charge on any atom is 0.343 e. The van der Waals surface area contributed by atoms with E-state index in [9.17, 15) is 13.6 Å². The van der Waals surface area contributed by atoms with E-state index in [2.05, 4.69) is 13.8 Å². The van der Waals surface area contributed by atoms with Crippen LogP contribution in [-0.2, 0) is 6.42 Å². The number of unbranched alkanes of at least 4 members (excludes halogenated alkanes) is 8. The second kappa shape index (κ2) is 15.9. The summed E-state index contributed by atoms with van der Waals surface area (Å²) in [4.78, 5) is 12.6. The Hall–Kier alpha value is -3.21. The number of carbonyl (C=O) groups excluding carboxylic acids is 1. The molecule has 0 fully saturated rings. The molecular weight excluding hydrogens is 482 g/mol. The molecule has 0 saturated heterocycles. The maximum absolute atomic E-state index is 14.6. The van der Waals surface area contributed by atoms with Crippen molar-refractivity contribution in [3.05, 3.63) is 83.4 Å². The van der Waals surface area contributed by atoms with Gasteiger partial charge in [-0.2, -0.15) is 0 Å². The molecule has 0 atom stereocenters. The van der Waals surface area contributed by atoms with E-state index in [1.54, 1.807) is 42.5 Å². The highest BCUT2D eigenvalue weighted by Gasteiger charge is 2.14. The third-order valence-corrected chi connectivity index (χ3v) is 6.66. The summed E-state index contributed by atoms with van der Waals surface area (Å²) in [7, 11) is 0. The Morgan fingerprint density at radius 2 is 1.26 bits per heavy atom. The largest absolute Gasteiger partial charge is 0.491 e. The molecule has 0 aliphatic heterocycles. The number of rotatable bonds is 16. The molecule has 0 heterocycles. The Kier molecular flexibility index (Phi) is 12.3. The van der Waals surface area contributed by atoms with Gasteiger partial charge in [-0.1, -0.05) is 89.5 Å². The van der Waals surface area contributed by atoms with E-state index < -0.39 is 17.6 Å². The minimum absolute atomic E-state index is 0.0880. The van der Waals surface area contributed by atoms with Crippen molar-refractivity contribution in [3.63, 3.8) is 0 Å². The van der Waals surface area contributed by atoms with Gasteiger partial charge in [-0.25, -0.2) is 13.6 Å². The van der Waals surface area contributed by atoms with Crippen LogP contribution in [0, 0.1) is 11.6 Å². The van der Waals surface area contributed by atoms with Crippen molar-refractivity contribution in [1.29, 1.82) is 0 Å². The molecule has 0 radical (unpaired) electrons. The number of ether oxygens (including phenoxy) is 2. The first-order chi connectivity index (χ1) is 18.5. The van der Waals surface area contributed by atoms with Gasteiger partial charge in [0.2, 0.25) is 0 Å². The van der Waals surface area contributed by atoms with Gasteiger partial charge in [-0.05, 0) is 72.4 Å². The zero-order valence-corrected chi connectivity index (χ0v) is 22.7. The summed E-state index contributed by atoms with van der Waals surface area (Å²) in [5.74, 6) is -1.44. The fourth-order valence-corrected chi connectivity index (χ4v) is 4.36. The third kappa shape index (κ3) is 9.27. The smallest absolute Gasteiger partial charge is 0.343 e. The standard InChI is InChI=1S/C33H40F2O3/c1-3-5-7-9-10-12-22-37-31-21-19-28(24-30(31)35)26-15-17-27(18-16-26)33(36)38-32-20-14-25(23-29(32)34)13-11-8-6-4-2/h14-21,23-24H,3-13,22H2,1-2H3. The van der Waals surface area contributed by atoms with Crippen LogP contribution in [0.3, 0.4) is 0 Å². The van der Waals surface area contributed by atoms with E-state index in [0.29, 0.717) is 12.2 Å². The van der Waals surface area contributed by atoms with Crippen LogP contribution in [0.4, 0.5) is 8.78 Å². The van der Waals surface area contributed by atoms with Crippen LogP contribution < -0.4 is 9.47 Å². The number of halogens is 2. The lowest BCUT2D eigenvalue weighted by Crippen LogP contribution is -2.09. The summed E-state index contributed by atoms with van der Waals surface area (Å²) in [6.45, 7) is 4.85. The van der Waals surface area contributed by atoms with E-state index in [1.165, 1.54) is 50.3 Å². The molecule has 0 aromatic heterocycles. The average Bonchev–Trinajstić information content (AvgIpc) is 2.93. The molecule has 0 bridgehead atoms. The molecule has 0 unspecified atom stereocenters. The Bertz CT molecular complexity index is 1140. The third-order valence-electron chi connectivity index (χ3n) is 6.66. The number of hydrogen-bond donors (Lipinski definition) is 0. The molecule has 3 nitrogen and oxygen atoms in total. The van der Waals surface area contributed by atoms with Gasteiger partial charge in [-0.3, -0.25) is 0 Å². The summed E-state index contributed by atoms with van der Waals surface area (Å²) in [5.41, 5.74) is 2.61. The molecule has 204 valence electrons. The number of hydrogen-bond acceptors (Lipinski definition) is 3. The van der Waals surface area contributed by atoms with E-state index in [4.69, 9.17) is 9.47 Å². The molecular formula is C33H40F2O3. The van der Waals surface area contributed by atoms with Gasteiger partial charge in [-0.15, -0.1) is 0 Å². The summed E-state index contributed by atoms with van der Waals surface area (Å²) in [6, 6.07) is 16.3. The SMILES string of the molecule is CCCCCCCCOc1ccc(-c2ccc(C(=O)Oc3ccc(CCCCCC)cc3F)cc2)cc1F. The van der Waals surface area contributed by atoms with E-state index in [-0.39, 0.29) is 17.1 Å². The molecule has 0 N–H and O–H groups in total. The highest BCUT2D eigenvalue weighted by molar-refractivity contribution is 5.91. The lowest BCUT2D eigenvalue weighted by molar-refractivity contribution is 0.0728. The number of esters is 1. The van der Waals surface area contributed by atoms with Crippen molar-refractivity contribution in [2.75, 3.05) is 6.61 Å². The highest BCUT2D eigenvalue weighted by Crippen LogP contribution is 2.27.